The molecule has 0 saturated heterocycles. The number of nitrogens with zero attached hydrogens (tertiary/aromatic N) is 3. The Morgan fingerprint density at radius 1 is 1.20 bits per heavy atom. The van der Waals surface area contributed by atoms with Gasteiger partial charge in [-0.25, -0.2) is 4.98 Å². The fourth-order valence-electron chi connectivity index (χ4n) is 3.46. The molecular weight excluding hydrogens is 402 g/mol. The van der Waals surface area contributed by atoms with E-state index in [0.29, 0.717) is 17.2 Å². The molecule has 8 heteroatoms. The van der Waals surface area contributed by atoms with Crippen molar-refractivity contribution in [2.75, 3.05) is 26.1 Å². The smallest absolute Gasteiger partial charge is 0.316 e. The number of hydrogen-bond donors (Lipinski definition) is 0. The Morgan fingerprint density at radius 3 is 2.67 bits per heavy atom. The van der Waals surface area contributed by atoms with Crippen LogP contribution in [0.15, 0.2) is 41.6 Å². The van der Waals surface area contributed by atoms with Crippen molar-refractivity contribution in [1.29, 1.82) is 0 Å². The van der Waals surface area contributed by atoms with E-state index in [0.717, 1.165) is 22.4 Å². The molecule has 3 aromatic rings. The Kier molecular flexibility index (Phi) is 7.23. The number of rotatable bonds is 9. The van der Waals surface area contributed by atoms with Gasteiger partial charge in [-0.3, -0.25) is 14.6 Å². The number of para-hydroxylation sites is 2. The Bertz CT molecular complexity index is 1060. The maximum absolute atomic E-state index is 12.6. The highest BCUT2D eigenvalue weighted by Crippen LogP contribution is 2.22. The number of carbonyl (C=O) groups excluding carboxylic acids is 2. The van der Waals surface area contributed by atoms with Crippen molar-refractivity contribution in [3.05, 3.63) is 53.5 Å². The number of ether oxygens (including phenoxy) is 2. The van der Waals surface area contributed by atoms with Gasteiger partial charge < -0.3 is 14.0 Å². The van der Waals surface area contributed by atoms with Crippen LogP contribution in [0.4, 0.5) is 0 Å². The molecule has 2 aromatic heterocycles. The quantitative estimate of drug-likeness (QED) is 0.292. The van der Waals surface area contributed by atoms with Crippen molar-refractivity contribution in [1.82, 2.24) is 14.5 Å². The lowest BCUT2D eigenvalue weighted by Crippen LogP contribution is -2.17. The molecule has 0 fully saturated rings. The van der Waals surface area contributed by atoms with Crippen LogP contribution in [-0.4, -0.2) is 52.4 Å². The summed E-state index contributed by atoms with van der Waals surface area (Å²) in [5.41, 5.74) is 3.95. The van der Waals surface area contributed by atoms with Crippen LogP contribution in [-0.2, 0) is 14.3 Å². The number of Topliss-reactive ketones (excluding diaryl/α,β-unsaturated/α-hetero) is 1. The SMILES string of the molecule is COCC(C)n1c(C)cc(C(=O)COC(=O)CSc2cnc3ccccc3n2)c1C. The van der Waals surface area contributed by atoms with Crippen molar-refractivity contribution in [2.24, 2.45) is 0 Å². The summed E-state index contributed by atoms with van der Waals surface area (Å²) in [5.74, 6) is -0.628. The van der Waals surface area contributed by atoms with E-state index in [1.165, 1.54) is 11.8 Å². The molecule has 7 nitrogen and oxygen atoms in total. The third-order valence-corrected chi connectivity index (χ3v) is 5.63. The van der Waals surface area contributed by atoms with Crippen molar-refractivity contribution in [2.45, 2.75) is 31.8 Å². The van der Waals surface area contributed by atoms with Crippen molar-refractivity contribution >= 4 is 34.5 Å². The molecule has 1 atom stereocenters. The monoisotopic (exact) mass is 427 g/mol. The number of methoxy groups -OCH3 is 1. The molecule has 0 spiro atoms. The number of esters is 1. The summed E-state index contributed by atoms with van der Waals surface area (Å²) in [7, 11) is 1.65. The van der Waals surface area contributed by atoms with Crippen LogP contribution in [0.1, 0.15) is 34.7 Å². The first-order valence-electron chi connectivity index (χ1n) is 9.61. The maximum Gasteiger partial charge on any atom is 0.316 e. The van der Waals surface area contributed by atoms with Crippen LogP contribution < -0.4 is 0 Å². The lowest BCUT2D eigenvalue weighted by molar-refractivity contribution is -0.139. The summed E-state index contributed by atoms with van der Waals surface area (Å²) in [5, 5.41) is 0.632. The second-order valence-electron chi connectivity index (χ2n) is 7.03. The van der Waals surface area contributed by atoms with Crippen LogP contribution in [0.3, 0.4) is 0 Å². The summed E-state index contributed by atoms with van der Waals surface area (Å²) in [6.45, 7) is 6.13. The molecule has 2 heterocycles. The molecule has 0 bridgehead atoms. The zero-order chi connectivity index (χ0) is 21.7. The first kappa shape index (κ1) is 22.0. The fourth-order valence-corrected chi connectivity index (χ4v) is 4.10. The summed E-state index contributed by atoms with van der Waals surface area (Å²) < 4.78 is 12.5. The first-order valence-corrected chi connectivity index (χ1v) is 10.6. The molecule has 0 saturated carbocycles. The number of benzene rings is 1. The Morgan fingerprint density at radius 2 is 1.93 bits per heavy atom. The van der Waals surface area contributed by atoms with Crippen LogP contribution in [0.25, 0.3) is 11.0 Å². The van der Waals surface area contributed by atoms with Gasteiger partial charge in [-0.05, 0) is 39.0 Å². The molecule has 0 N–H and O–H groups in total. The van der Waals surface area contributed by atoms with Gasteiger partial charge in [0.2, 0.25) is 5.78 Å². The molecule has 0 radical (unpaired) electrons. The van der Waals surface area contributed by atoms with E-state index in [1.807, 2.05) is 51.1 Å². The number of aryl methyl sites for hydroxylation is 1. The van der Waals surface area contributed by atoms with Gasteiger partial charge in [-0.15, -0.1) is 0 Å². The second-order valence-corrected chi connectivity index (χ2v) is 8.02. The Balaban J connectivity index is 1.55. The van der Waals surface area contributed by atoms with Crippen molar-refractivity contribution in [3.63, 3.8) is 0 Å². The van der Waals surface area contributed by atoms with E-state index in [9.17, 15) is 9.59 Å². The highest BCUT2D eigenvalue weighted by Gasteiger charge is 2.20. The van der Waals surface area contributed by atoms with Gasteiger partial charge >= 0.3 is 5.97 Å². The van der Waals surface area contributed by atoms with Crippen molar-refractivity contribution in [3.8, 4) is 0 Å². The average Bonchev–Trinajstić information content (AvgIpc) is 3.04. The number of aromatic nitrogens is 3. The maximum atomic E-state index is 12.6. The highest BCUT2D eigenvalue weighted by molar-refractivity contribution is 7.99. The zero-order valence-corrected chi connectivity index (χ0v) is 18.4. The first-order chi connectivity index (χ1) is 14.4. The van der Waals surface area contributed by atoms with Crippen molar-refractivity contribution < 1.29 is 19.1 Å². The zero-order valence-electron chi connectivity index (χ0n) is 17.5. The van der Waals surface area contributed by atoms with E-state index >= 15 is 0 Å². The third kappa shape index (κ3) is 5.06. The topological polar surface area (TPSA) is 83.3 Å². The minimum absolute atomic E-state index is 0.0597. The van der Waals surface area contributed by atoms with Gasteiger partial charge in [0.15, 0.2) is 6.61 Å². The van der Waals surface area contributed by atoms with E-state index in [2.05, 4.69) is 14.5 Å². The van der Waals surface area contributed by atoms with Crippen LogP contribution >= 0.6 is 11.8 Å². The molecule has 0 aliphatic carbocycles. The van der Waals surface area contributed by atoms with Crippen LogP contribution in [0.2, 0.25) is 0 Å². The molecule has 0 amide bonds. The second kappa shape index (κ2) is 9.86. The van der Waals surface area contributed by atoms with Gasteiger partial charge in [0, 0.05) is 24.1 Å². The molecule has 0 aliphatic rings. The lowest BCUT2D eigenvalue weighted by atomic mass is 10.1. The summed E-state index contributed by atoms with van der Waals surface area (Å²) in [6.07, 6.45) is 1.63. The Hall–Kier alpha value is -2.71. The number of hydrogen-bond acceptors (Lipinski definition) is 7. The van der Waals surface area contributed by atoms with Gasteiger partial charge in [-0.1, -0.05) is 23.9 Å². The van der Waals surface area contributed by atoms with E-state index < -0.39 is 5.97 Å². The van der Waals surface area contributed by atoms with E-state index in [1.54, 1.807) is 13.3 Å². The van der Waals surface area contributed by atoms with Gasteiger partial charge in [0.25, 0.3) is 0 Å². The summed E-state index contributed by atoms with van der Waals surface area (Å²) >= 11 is 1.23. The molecule has 158 valence electrons. The average molecular weight is 428 g/mol. The number of thioether (sulfide) groups is 1. The molecule has 1 unspecified atom stereocenters. The molecule has 30 heavy (non-hydrogen) atoms. The van der Waals surface area contributed by atoms with Gasteiger partial charge in [0.1, 0.15) is 5.03 Å². The van der Waals surface area contributed by atoms with E-state index in [4.69, 9.17) is 9.47 Å². The fraction of sp³-hybridized carbons (Fsp3) is 0.364. The summed E-state index contributed by atoms with van der Waals surface area (Å²) in [6, 6.07) is 9.47. The minimum atomic E-state index is -0.468. The number of carbonyl (C=O) groups is 2. The highest BCUT2D eigenvalue weighted by atomic mass is 32.2. The standard InChI is InChI=1S/C22H25N3O4S/c1-14-9-17(16(3)25(14)15(2)11-28-4)20(26)12-29-22(27)13-30-21-10-23-18-7-5-6-8-19(18)24-21/h5-10,15H,11-13H2,1-4H3. The number of fused-ring (bicyclic) bond motifs is 1. The molecule has 1 aromatic carbocycles. The molecule has 3 rings (SSSR count). The largest absolute Gasteiger partial charge is 0.457 e. The predicted octanol–water partition coefficient (Wildman–Crippen LogP) is 3.77. The van der Waals surface area contributed by atoms with Gasteiger partial charge in [0.05, 0.1) is 35.6 Å². The van der Waals surface area contributed by atoms with Gasteiger partial charge in [-0.2, -0.15) is 0 Å². The summed E-state index contributed by atoms with van der Waals surface area (Å²) in [4.78, 5) is 33.5. The molecular formula is C22H25N3O4S. The lowest BCUT2D eigenvalue weighted by Gasteiger charge is -2.17. The Labute approximate surface area is 179 Å². The molecule has 0 aliphatic heterocycles. The predicted molar refractivity (Wildman–Crippen MR) is 116 cm³/mol. The minimum Gasteiger partial charge on any atom is -0.457 e. The van der Waals surface area contributed by atoms with E-state index in [-0.39, 0.29) is 24.2 Å². The van der Waals surface area contributed by atoms with Crippen LogP contribution in [0, 0.1) is 13.8 Å². The van der Waals surface area contributed by atoms with Crippen LogP contribution in [0.5, 0.6) is 0 Å². The third-order valence-electron chi connectivity index (χ3n) is 4.76. The number of ketones is 1. The normalized spacial score (nSPS) is 12.1.